The standard InChI is InChI=1S/C11H17N3O/c1-9-3-2-4-10(12)11(9)13-14-5-7-15-8-6-14/h2-4,13H,5-8,12H2,1H3. The number of nitrogens with two attached hydrogens (primary N) is 1. The Bertz CT molecular complexity index is 314. The third-order valence-electron chi connectivity index (χ3n) is 2.59. The Kier molecular flexibility index (Phi) is 3.08. The average molecular weight is 207 g/mol. The van der Waals surface area contributed by atoms with Crippen molar-refractivity contribution < 1.29 is 4.74 Å². The zero-order valence-corrected chi connectivity index (χ0v) is 8.99. The van der Waals surface area contributed by atoms with Crippen LogP contribution in [-0.2, 0) is 4.74 Å². The van der Waals surface area contributed by atoms with E-state index in [-0.39, 0.29) is 0 Å². The summed E-state index contributed by atoms with van der Waals surface area (Å²) in [5.74, 6) is 0. The van der Waals surface area contributed by atoms with E-state index >= 15 is 0 Å². The fraction of sp³-hybridized carbons (Fsp3) is 0.455. The van der Waals surface area contributed by atoms with Crippen LogP contribution in [0.5, 0.6) is 0 Å². The molecule has 0 amide bonds. The zero-order chi connectivity index (χ0) is 10.7. The molecule has 2 rings (SSSR count). The van der Waals surface area contributed by atoms with Crippen LogP contribution in [0.2, 0.25) is 0 Å². The lowest BCUT2D eigenvalue weighted by Crippen LogP contribution is -2.40. The molecule has 0 saturated carbocycles. The van der Waals surface area contributed by atoms with Crippen LogP contribution in [0, 0.1) is 6.92 Å². The molecule has 4 heteroatoms. The molecule has 0 aliphatic carbocycles. The smallest absolute Gasteiger partial charge is 0.0749 e. The number of aryl methyl sites for hydroxylation is 1. The van der Waals surface area contributed by atoms with Crippen molar-refractivity contribution in [3.05, 3.63) is 23.8 Å². The predicted octanol–water partition coefficient (Wildman–Crippen LogP) is 1.24. The van der Waals surface area contributed by atoms with Gasteiger partial charge in [0.05, 0.1) is 24.6 Å². The third-order valence-corrected chi connectivity index (χ3v) is 2.59. The first kappa shape index (κ1) is 10.3. The number of rotatable bonds is 2. The molecule has 15 heavy (non-hydrogen) atoms. The van der Waals surface area contributed by atoms with Gasteiger partial charge in [-0.15, -0.1) is 0 Å². The number of morpholine rings is 1. The van der Waals surface area contributed by atoms with Crippen LogP contribution in [0.25, 0.3) is 0 Å². The molecule has 0 aromatic heterocycles. The SMILES string of the molecule is Cc1cccc(N)c1NN1CCOCC1. The van der Waals surface area contributed by atoms with Crippen LogP contribution in [0.3, 0.4) is 0 Å². The van der Waals surface area contributed by atoms with Crippen LogP contribution in [-0.4, -0.2) is 31.3 Å². The number of benzene rings is 1. The zero-order valence-electron chi connectivity index (χ0n) is 8.99. The van der Waals surface area contributed by atoms with Crippen LogP contribution < -0.4 is 11.2 Å². The summed E-state index contributed by atoms with van der Waals surface area (Å²) in [5, 5.41) is 2.14. The molecule has 0 spiro atoms. The van der Waals surface area contributed by atoms with Crippen molar-refractivity contribution in [1.82, 2.24) is 5.01 Å². The number of hydrogen-bond donors (Lipinski definition) is 2. The maximum atomic E-state index is 5.92. The molecular weight excluding hydrogens is 190 g/mol. The maximum Gasteiger partial charge on any atom is 0.0749 e. The van der Waals surface area contributed by atoms with E-state index in [9.17, 15) is 0 Å². The summed E-state index contributed by atoms with van der Waals surface area (Å²) >= 11 is 0. The van der Waals surface area contributed by atoms with Crippen LogP contribution in [0.15, 0.2) is 18.2 Å². The van der Waals surface area contributed by atoms with Gasteiger partial charge in [-0.25, -0.2) is 5.01 Å². The monoisotopic (exact) mass is 207 g/mol. The van der Waals surface area contributed by atoms with Crippen LogP contribution >= 0.6 is 0 Å². The van der Waals surface area contributed by atoms with Crippen molar-refractivity contribution in [2.45, 2.75) is 6.92 Å². The number of hydrazine groups is 1. The lowest BCUT2D eigenvalue weighted by molar-refractivity contribution is 0.0497. The fourth-order valence-corrected chi connectivity index (χ4v) is 1.68. The molecule has 1 aromatic rings. The van der Waals surface area contributed by atoms with Crippen LogP contribution in [0.1, 0.15) is 5.56 Å². The summed E-state index contributed by atoms with van der Waals surface area (Å²) in [7, 11) is 0. The summed E-state index contributed by atoms with van der Waals surface area (Å²) in [6.07, 6.45) is 0. The molecule has 0 bridgehead atoms. The molecule has 82 valence electrons. The van der Waals surface area contributed by atoms with Gasteiger partial charge in [-0.2, -0.15) is 0 Å². The average Bonchev–Trinajstić information content (AvgIpc) is 2.25. The van der Waals surface area contributed by atoms with E-state index in [1.165, 1.54) is 5.56 Å². The van der Waals surface area contributed by atoms with Crippen LogP contribution in [0.4, 0.5) is 11.4 Å². The molecule has 1 aliphatic heterocycles. The van der Waals surface area contributed by atoms with E-state index in [0.717, 1.165) is 37.7 Å². The summed E-state index contributed by atoms with van der Waals surface area (Å²) in [4.78, 5) is 0. The van der Waals surface area contributed by atoms with Crippen molar-refractivity contribution in [3.63, 3.8) is 0 Å². The second kappa shape index (κ2) is 4.51. The summed E-state index contributed by atoms with van der Waals surface area (Å²) in [6.45, 7) is 5.40. The van der Waals surface area contributed by atoms with Gasteiger partial charge in [0, 0.05) is 13.1 Å². The summed E-state index contributed by atoms with van der Waals surface area (Å²) in [5.41, 5.74) is 12.2. The van der Waals surface area contributed by atoms with Crippen molar-refractivity contribution >= 4 is 11.4 Å². The van der Waals surface area contributed by atoms with E-state index in [1.807, 2.05) is 12.1 Å². The number of para-hydroxylation sites is 1. The normalized spacial score (nSPS) is 17.7. The third kappa shape index (κ3) is 2.40. The Balaban J connectivity index is 2.09. The Morgan fingerprint density at radius 1 is 1.33 bits per heavy atom. The minimum absolute atomic E-state index is 0.777. The Morgan fingerprint density at radius 2 is 2.07 bits per heavy atom. The number of anilines is 2. The summed E-state index contributed by atoms with van der Waals surface area (Å²) in [6, 6.07) is 5.93. The first-order valence-electron chi connectivity index (χ1n) is 5.22. The number of nitrogens with zero attached hydrogens (tertiary/aromatic N) is 1. The van der Waals surface area contributed by atoms with E-state index in [1.54, 1.807) is 0 Å². The predicted molar refractivity (Wildman–Crippen MR) is 61.6 cm³/mol. The molecule has 0 atom stereocenters. The molecule has 1 saturated heterocycles. The Hall–Kier alpha value is -1.26. The molecule has 4 nitrogen and oxygen atoms in total. The minimum atomic E-state index is 0.777. The molecule has 1 heterocycles. The van der Waals surface area contributed by atoms with E-state index < -0.39 is 0 Å². The van der Waals surface area contributed by atoms with Gasteiger partial charge in [0.25, 0.3) is 0 Å². The highest BCUT2D eigenvalue weighted by atomic mass is 16.5. The van der Waals surface area contributed by atoms with E-state index in [0.29, 0.717) is 0 Å². The Morgan fingerprint density at radius 3 is 2.73 bits per heavy atom. The van der Waals surface area contributed by atoms with Gasteiger partial charge in [-0.3, -0.25) is 0 Å². The number of ether oxygens (including phenoxy) is 1. The number of nitrogens with one attached hydrogen (secondary N) is 1. The van der Waals surface area contributed by atoms with Gasteiger partial charge in [0.1, 0.15) is 0 Å². The molecular formula is C11H17N3O. The van der Waals surface area contributed by atoms with E-state index in [4.69, 9.17) is 10.5 Å². The van der Waals surface area contributed by atoms with Gasteiger partial charge in [0.15, 0.2) is 0 Å². The Labute approximate surface area is 90.0 Å². The lowest BCUT2D eigenvalue weighted by atomic mass is 10.2. The highest BCUT2D eigenvalue weighted by Crippen LogP contribution is 2.23. The van der Waals surface area contributed by atoms with Gasteiger partial charge < -0.3 is 15.9 Å². The van der Waals surface area contributed by atoms with Gasteiger partial charge >= 0.3 is 0 Å². The highest BCUT2D eigenvalue weighted by Gasteiger charge is 2.12. The summed E-state index contributed by atoms with van der Waals surface area (Å²) < 4.78 is 5.28. The molecule has 0 unspecified atom stereocenters. The second-order valence-electron chi connectivity index (χ2n) is 3.75. The molecule has 1 aliphatic rings. The largest absolute Gasteiger partial charge is 0.397 e. The molecule has 3 N–H and O–H groups in total. The van der Waals surface area contributed by atoms with Crippen molar-refractivity contribution in [2.24, 2.45) is 0 Å². The van der Waals surface area contributed by atoms with Gasteiger partial charge in [-0.1, -0.05) is 12.1 Å². The first-order valence-corrected chi connectivity index (χ1v) is 5.22. The first-order chi connectivity index (χ1) is 7.27. The fourth-order valence-electron chi connectivity index (χ4n) is 1.68. The topological polar surface area (TPSA) is 50.5 Å². The van der Waals surface area contributed by atoms with Gasteiger partial charge in [0.2, 0.25) is 0 Å². The van der Waals surface area contributed by atoms with E-state index in [2.05, 4.69) is 23.4 Å². The van der Waals surface area contributed by atoms with Crippen molar-refractivity contribution in [1.29, 1.82) is 0 Å². The highest BCUT2D eigenvalue weighted by molar-refractivity contribution is 5.69. The lowest BCUT2D eigenvalue weighted by Gasteiger charge is -2.29. The van der Waals surface area contributed by atoms with Crippen molar-refractivity contribution in [3.8, 4) is 0 Å². The molecule has 0 radical (unpaired) electrons. The maximum absolute atomic E-state index is 5.92. The molecule has 1 aromatic carbocycles. The minimum Gasteiger partial charge on any atom is -0.397 e. The number of hydrogen-bond acceptors (Lipinski definition) is 4. The second-order valence-corrected chi connectivity index (χ2v) is 3.75. The van der Waals surface area contributed by atoms with Gasteiger partial charge in [-0.05, 0) is 18.6 Å². The molecule has 1 fully saturated rings. The number of nitrogen functional groups attached to an aromatic ring is 1. The quantitative estimate of drug-likeness (QED) is 0.716. The van der Waals surface area contributed by atoms with Crippen molar-refractivity contribution in [2.75, 3.05) is 37.5 Å².